The van der Waals surface area contributed by atoms with Gasteiger partial charge in [-0.2, -0.15) is 0 Å². The monoisotopic (exact) mass is 365 g/mol. The Hall–Kier alpha value is -2.69. The Kier molecular flexibility index (Phi) is 5.59. The number of pyridine rings is 1. The van der Waals surface area contributed by atoms with Crippen LogP contribution in [0.1, 0.15) is 57.3 Å². The topological polar surface area (TPSA) is 62.3 Å². The largest absolute Gasteiger partial charge is 0.338 e. The van der Waals surface area contributed by atoms with Crippen molar-refractivity contribution in [2.45, 2.75) is 40.5 Å². The fourth-order valence-corrected chi connectivity index (χ4v) is 3.80. The van der Waals surface area contributed by atoms with Crippen LogP contribution in [0.2, 0.25) is 0 Å². The van der Waals surface area contributed by atoms with Gasteiger partial charge in [0.05, 0.1) is 0 Å². The summed E-state index contributed by atoms with van der Waals surface area (Å²) in [5.74, 6) is 0.187. The van der Waals surface area contributed by atoms with Crippen molar-refractivity contribution in [1.82, 2.24) is 9.88 Å². The third-order valence-corrected chi connectivity index (χ3v) is 5.10. The predicted molar refractivity (Wildman–Crippen MR) is 107 cm³/mol. The predicted octanol–water partition coefficient (Wildman–Crippen LogP) is 4.13. The summed E-state index contributed by atoms with van der Waals surface area (Å²) in [6.07, 6.45) is 3.71. The number of piperidine rings is 1. The molecule has 1 aromatic carbocycles. The molecular formula is C22H27N3O2. The Morgan fingerprint density at radius 1 is 1.15 bits per heavy atom. The molecule has 0 saturated carbocycles. The lowest BCUT2D eigenvalue weighted by atomic mass is 9.99. The van der Waals surface area contributed by atoms with Crippen LogP contribution in [0, 0.1) is 26.7 Å². The van der Waals surface area contributed by atoms with Crippen molar-refractivity contribution in [3.8, 4) is 0 Å². The van der Waals surface area contributed by atoms with Crippen LogP contribution in [0.25, 0.3) is 0 Å². The Morgan fingerprint density at radius 2 is 1.85 bits per heavy atom. The molecule has 1 aliphatic rings. The summed E-state index contributed by atoms with van der Waals surface area (Å²) in [5.41, 5.74) is 4.75. The third kappa shape index (κ3) is 4.35. The number of aryl methyl sites for hydroxylation is 3. The maximum absolute atomic E-state index is 12.8. The van der Waals surface area contributed by atoms with E-state index in [-0.39, 0.29) is 17.5 Å². The standard InChI is InChI=1S/C22H27N3O2/c1-14-6-5-9-25(13-14)22(27)18-7-8-23-19(12-18)21(26)24-20-16(3)10-15(2)11-17(20)4/h7-8,10-12,14H,5-6,9,13H2,1-4H3,(H,24,26). The van der Waals surface area contributed by atoms with E-state index in [9.17, 15) is 9.59 Å². The molecule has 3 rings (SSSR count). The SMILES string of the molecule is Cc1cc(C)c(NC(=O)c2cc(C(=O)N3CCCC(C)C3)ccn2)c(C)c1. The molecule has 2 aromatic rings. The second kappa shape index (κ2) is 7.91. The highest BCUT2D eigenvalue weighted by molar-refractivity contribution is 6.05. The van der Waals surface area contributed by atoms with Gasteiger partial charge < -0.3 is 10.2 Å². The lowest BCUT2D eigenvalue weighted by Crippen LogP contribution is -2.39. The van der Waals surface area contributed by atoms with E-state index in [1.54, 1.807) is 12.1 Å². The summed E-state index contributed by atoms with van der Waals surface area (Å²) in [5, 5.41) is 2.95. The van der Waals surface area contributed by atoms with Crippen LogP contribution < -0.4 is 5.32 Å². The molecule has 0 bridgehead atoms. The summed E-state index contributed by atoms with van der Waals surface area (Å²) < 4.78 is 0. The van der Waals surface area contributed by atoms with Crippen LogP contribution in [0.5, 0.6) is 0 Å². The van der Waals surface area contributed by atoms with Crippen molar-refractivity contribution in [2.24, 2.45) is 5.92 Å². The van der Waals surface area contributed by atoms with E-state index < -0.39 is 0 Å². The van der Waals surface area contributed by atoms with E-state index in [1.165, 1.54) is 6.20 Å². The molecule has 2 heterocycles. The molecule has 1 saturated heterocycles. The van der Waals surface area contributed by atoms with Gasteiger partial charge in [-0.15, -0.1) is 0 Å². The summed E-state index contributed by atoms with van der Waals surface area (Å²) in [7, 11) is 0. The zero-order chi connectivity index (χ0) is 19.6. The first-order chi connectivity index (χ1) is 12.8. The summed E-state index contributed by atoms with van der Waals surface area (Å²) >= 11 is 0. The van der Waals surface area contributed by atoms with Gasteiger partial charge >= 0.3 is 0 Å². The number of likely N-dealkylation sites (tertiary alicyclic amines) is 1. The number of anilines is 1. The van der Waals surface area contributed by atoms with Crippen molar-refractivity contribution in [3.63, 3.8) is 0 Å². The minimum atomic E-state index is -0.299. The molecule has 2 amide bonds. The Labute approximate surface area is 160 Å². The fraction of sp³-hybridized carbons (Fsp3) is 0.409. The van der Waals surface area contributed by atoms with Crippen molar-refractivity contribution >= 4 is 17.5 Å². The minimum absolute atomic E-state index is 0.0271. The van der Waals surface area contributed by atoms with Gasteiger partial charge in [0.25, 0.3) is 11.8 Å². The van der Waals surface area contributed by atoms with Crippen molar-refractivity contribution < 1.29 is 9.59 Å². The van der Waals surface area contributed by atoms with Gasteiger partial charge in [-0.1, -0.05) is 24.6 Å². The van der Waals surface area contributed by atoms with E-state index >= 15 is 0 Å². The van der Waals surface area contributed by atoms with Gasteiger partial charge in [0.1, 0.15) is 5.69 Å². The lowest BCUT2D eigenvalue weighted by Gasteiger charge is -2.31. The molecule has 5 heteroatoms. The van der Waals surface area contributed by atoms with Crippen LogP contribution in [0.4, 0.5) is 5.69 Å². The minimum Gasteiger partial charge on any atom is -0.338 e. The number of nitrogens with zero attached hydrogens (tertiary/aromatic N) is 2. The Balaban J connectivity index is 1.79. The number of hydrogen-bond donors (Lipinski definition) is 1. The molecule has 1 N–H and O–H groups in total. The number of benzene rings is 1. The van der Waals surface area contributed by atoms with Crippen molar-refractivity contribution in [3.05, 3.63) is 58.4 Å². The van der Waals surface area contributed by atoms with Crippen molar-refractivity contribution in [2.75, 3.05) is 18.4 Å². The van der Waals surface area contributed by atoms with Gasteiger partial charge in [-0.05, 0) is 62.8 Å². The molecule has 0 aliphatic carbocycles. The molecule has 1 aliphatic heterocycles. The number of aromatic nitrogens is 1. The highest BCUT2D eigenvalue weighted by Gasteiger charge is 2.23. The second-order valence-electron chi connectivity index (χ2n) is 7.66. The maximum Gasteiger partial charge on any atom is 0.274 e. The zero-order valence-electron chi connectivity index (χ0n) is 16.5. The van der Waals surface area contributed by atoms with Crippen molar-refractivity contribution in [1.29, 1.82) is 0 Å². The van der Waals surface area contributed by atoms with Crippen LogP contribution in [0.15, 0.2) is 30.5 Å². The summed E-state index contributed by atoms with van der Waals surface area (Å²) in [4.78, 5) is 31.5. The average Bonchev–Trinajstić information content (AvgIpc) is 2.64. The molecule has 27 heavy (non-hydrogen) atoms. The van der Waals surface area contributed by atoms with E-state index in [0.717, 1.165) is 48.3 Å². The van der Waals surface area contributed by atoms with Crippen LogP contribution in [0.3, 0.4) is 0 Å². The normalized spacial score (nSPS) is 16.9. The third-order valence-electron chi connectivity index (χ3n) is 5.10. The van der Waals surface area contributed by atoms with Crippen LogP contribution in [-0.2, 0) is 0 Å². The van der Waals surface area contributed by atoms with Gasteiger partial charge in [0.2, 0.25) is 0 Å². The first-order valence-corrected chi connectivity index (χ1v) is 9.49. The van der Waals surface area contributed by atoms with E-state index in [4.69, 9.17) is 0 Å². The molecule has 1 aromatic heterocycles. The zero-order valence-corrected chi connectivity index (χ0v) is 16.5. The smallest absolute Gasteiger partial charge is 0.274 e. The molecule has 0 radical (unpaired) electrons. The van der Waals surface area contributed by atoms with Crippen LogP contribution >= 0.6 is 0 Å². The van der Waals surface area contributed by atoms with Crippen LogP contribution in [-0.4, -0.2) is 34.8 Å². The van der Waals surface area contributed by atoms with Gasteiger partial charge in [0, 0.05) is 30.5 Å². The summed E-state index contributed by atoms with van der Waals surface area (Å²) in [6, 6.07) is 7.34. The number of carbonyl (C=O) groups excluding carboxylic acids is 2. The number of hydrogen-bond acceptors (Lipinski definition) is 3. The number of carbonyl (C=O) groups is 2. The van der Waals surface area contributed by atoms with Gasteiger partial charge in [0.15, 0.2) is 0 Å². The van der Waals surface area contributed by atoms with E-state index in [1.807, 2.05) is 37.8 Å². The molecule has 0 spiro atoms. The lowest BCUT2D eigenvalue weighted by molar-refractivity contribution is 0.0683. The van der Waals surface area contributed by atoms with E-state index in [2.05, 4.69) is 17.2 Å². The Morgan fingerprint density at radius 3 is 2.52 bits per heavy atom. The molecule has 1 fully saturated rings. The maximum atomic E-state index is 12.8. The Bertz CT molecular complexity index is 853. The molecule has 1 atom stereocenters. The first-order valence-electron chi connectivity index (χ1n) is 9.49. The molecule has 5 nitrogen and oxygen atoms in total. The highest BCUT2D eigenvalue weighted by Crippen LogP contribution is 2.23. The second-order valence-corrected chi connectivity index (χ2v) is 7.66. The fourth-order valence-electron chi connectivity index (χ4n) is 3.80. The number of nitrogens with one attached hydrogen (secondary N) is 1. The number of rotatable bonds is 3. The van der Waals surface area contributed by atoms with Gasteiger partial charge in [-0.25, -0.2) is 0 Å². The average molecular weight is 365 g/mol. The quantitative estimate of drug-likeness (QED) is 0.889. The summed E-state index contributed by atoms with van der Waals surface area (Å²) in [6.45, 7) is 9.68. The first kappa shape index (κ1) is 19.1. The molecular weight excluding hydrogens is 338 g/mol. The highest BCUT2D eigenvalue weighted by atomic mass is 16.2. The molecule has 1 unspecified atom stereocenters. The molecule has 142 valence electrons. The number of amides is 2. The van der Waals surface area contributed by atoms with Gasteiger partial charge in [-0.3, -0.25) is 14.6 Å². The van der Waals surface area contributed by atoms with E-state index in [0.29, 0.717) is 11.5 Å².